The number of ketones is 1. The highest BCUT2D eigenvalue weighted by molar-refractivity contribution is 7.89. The van der Waals surface area contributed by atoms with E-state index in [4.69, 9.17) is 4.74 Å². The van der Waals surface area contributed by atoms with Crippen LogP contribution in [0.5, 0.6) is 0 Å². The highest BCUT2D eigenvalue weighted by atomic mass is 32.2. The average molecular weight is 355 g/mol. The molecule has 1 aliphatic carbocycles. The van der Waals surface area contributed by atoms with E-state index in [1.54, 1.807) is 42.6 Å². The fourth-order valence-corrected chi connectivity index (χ4v) is 4.36. The fraction of sp³-hybridized carbons (Fsp3) is 0.105. The van der Waals surface area contributed by atoms with E-state index in [1.807, 2.05) is 0 Å². The molecule has 4 rings (SSSR count). The van der Waals surface area contributed by atoms with Crippen LogP contribution in [-0.4, -0.2) is 25.1 Å². The smallest absolute Gasteiger partial charge is 0.264 e. The van der Waals surface area contributed by atoms with Crippen molar-refractivity contribution >= 4 is 15.8 Å². The Kier molecular flexibility index (Phi) is 4.46. The van der Waals surface area contributed by atoms with Gasteiger partial charge in [-0.25, -0.2) is 8.42 Å². The first-order valence-electron chi connectivity index (χ1n) is 7.64. The average Bonchev–Trinajstić information content (AvgIpc) is 2.82. The van der Waals surface area contributed by atoms with Crippen LogP contribution in [0, 0.1) is 0 Å². The van der Waals surface area contributed by atoms with Gasteiger partial charge in [0.25, 0.3) is 10.0 Å². The van der Waals surface area contributed by atoms with Gasteiger partial charge in [0, 0.05) is 18.2 Å². The van der Waals surface area contributed by atoms with Gasteiger partial charge < -0.3 is 4.74 Å². The third kappa shape index (κ3) is 2.85. The second kappa shape index (κ2) is 6.57. The van der Waals surface area contributed by atoms with E-state index in [0.29, 0.717) is 11.1 Å². The predicted molar refractivity (Wildman–Crippen MR) is 94.6 cm³/mol. The molecule has 0 N–H and O–H groups in total. The summed E-state index contributed by atoms with van der Waals surface area (Å²) in [7, 11) is -3.65. The van der Waals surface area contributed by atoms with Gasteiger partial charge in [-0.15, -0.1) is 13.2 Å². The van der Waals surface area contributed by atoms with Crippen molar-refractivity contribution in [3.63, 3.8) is 0 Å². The number of hydrogen-bond acceptors (Lipinski definition) is 4. The van der Waals surface area contributed by atoms with E-state index >= 15 is 0 Å². The van der Waals surface area contributed by atoms with Gasteiger partial charge >= 0.3 is 0 Å². The van der Waals surface area contributed by atoms with Crippen LogP contribution in [0.25, 0.3) is 0 Å². The summed E-state index contributed by atoms with van der Waals surface area (Å²) in [6.45, 7) is 6.19. The molecular formula is C19H17NO4S. The summed E-state index contributed by atoms with van der Waals surface area (Å²) in [5, 5.41) is 0. The van der Waals surface area contributed by atoms with Crippen LogP contribution in [0.3, 0.4) is 0 Å². The molecule has 128 valence electrons. The first-order valence-corrected chi connectivity index (χ1v) is 9.08. The van der Waals surface area contributed by atoms with Gasteiger partial charge in [0.1, 0.15) is 6.26 Å². The van der Waals surface area contributed by atoms with Crippen LogP contribution >= 0.6 is 0 Å². The lowest BCUT2D eigenvalue weighted by atomic mass is 9.98. The van der Waals surface area contributed by atoms with E-state index in [9.17, 15) is 13.2 Å². The highest BCUT2D eigenvalue weighted by Crippen LogP contribution is 2.40. The van der Waals surface area contributed by atoms with E-state index < -0.39 is 10.0 Å². The molecule has 0 spiro atoms. The van der Waals surface area contributed by atoms with Crippen molar-refractivity contribution in [2.24, 2.45) is 0 Å². The van der Waals surface area contributed by atoms with Crippen LogP contribution in [0.15, 0.2) is 95.5 Å². The highest BCUT2D eigenvalue weighted by Gasteiger charge is 2.36. The molecule has 25 heavy (non-hydrogen) atoms. The van der Waals surface area contributed by atoms with Gasteiger partial charge in [0.05, 0.1) is 23.3 Å². The van der Waals surface area contributed by atoms with Crippen LogP contribution in [0.4, 0.5) is 0 Å². The number of sulfonamides is 1. The minimum Gasteiger partial charge on any atom is -0.472 e. The molecule has 0 radical (unpaired) electrons. The topological polar surface area (TPSA) is 63.7 Å². The normalized spacial score (nSPS) is 18.4. The summed E-state index contributed by atoms with van der Waals surface area (Å²) in [6.07, 6.45) is 6.37. The van der Waals surface area contributed by atoms with E-state index in [0.717, 1.165) is 11.1 Å². The van der Waals surface area contributed by atoms with E-state index in [1.165, 1.54) is 16.8 Å². The molecule has 0 bridgehead atoms. The van der Waals surface area contributed by atoms with Gasteiger partial charge in [-0.2, -0.15) is 0 Å². The monoisotopic (exact) mass is 355 g/mol. The quantitative estimate of drug-likeness (QED) is 0.765. The largest absolute Gasteiger partial charge is 0.472 e. The molecule has 0 unspecified atom stereocenters. The maximum Gasteiger partial charge on any atom is 0.264 e. The van der Waals surface area contributed by atoms with E-state index in [-0.39, 0.29) is 23.6 Å². The lowest BCUT2D eigenvalue weighted by Crippen LogP contribution is -2.30. The van der Waals surface area contributed by atoms with Crippen molar-refractivity contribution in [3.05, 3.63) is 90.6 Å². The Morgan fingerprint density at radius 2 is 1.84 bits per heavy atom. The molecule has 1 aromatic rings. The number of benzene rings is 1. The molecule has 0 saturated heterocycles. The molecular weight excluding hydrogens is 338 g/mol. The Morgan fingerprint density at radius 3 is 2.56 bits per heavy atom. The van der Waals surface area contributed by atoms with E-state index in [2.05, 4.69) is 13.2 Å². The van der Waals surface area contributed by atoms with Crippen molar-refractivity contribution in [2.45, 2.75) is 11.3 Å². The minimum atomic E-state index is -3.65. The third-order valence-electron chi connectivity index (χ3n) is 4.08. The summed E-state index contributed by atoms with van der Waals surface area (Å²) in [5.41, 5.74) is 2.82. The summed E-state index contributed by atoms with van der Waals surface area (Å²) < 4.78 is 32.1. The number of Topliss-reactive ketones (excluding diaryl/α,β-unsaturated/α-hetero) is 1. The van der Waals surface area contributed by atoms with Crippen molar-refractivity contribution in [2.75, 3.05) is 6.54 Å². The number of carbonyl (C=O) groups is 1. The second-order valence-corrected chi connectivity index (χ2v) is 7.39. The zero-order chi connectivity index (χ0) is 18.0. The Bertz CT molecular complexity index is 937. The summed E-state index contributed by atoms with van der Waals surface area (Å²) in [6, 6.07) is 8.28. The maximum absolute atomic E-state index is 12.8. The van der Waals surface area contributed by atoms with Gasteiger partial charge in [-0.05, 0) is 29.4 Å². The molecule has 3 aliphatic rings. The molecule has 2 heterocycles. The number of rotatable bonds is 2. The zero-order valence-electron chi connectivity index (χ0n) is 13.5. The van der Waals surface area contributed by atoms with Crippen LogP contribution in [0.2, 0.25) is 0 Å². The van der Waals surface area contributed by atoms with Crippen LogP contribution < -0.4 is 0 Å². The predicted octanol–water partition coefficient (Wildman–Crippen LogP) is 3.07. The molecule has 0 atom stereocenters. The first-order chi connectivity index (χ1) is 12.1. The summed E-state index contributed by atoms with van der Waals surface area (Å²) >= 11 is 0. The van der Waals surface area contributed by atoms with Crippen LogP contribution in [-0.2, 0) is 19.6 Å². The Morgan fingerprint density at radius 1 is 1.12 bits per heavy atom. The first kappa shape index (κ1) is 17.0. The van der Waals surface area contributed by atoms with Gasteiger partial charge in [-0.3, -0.25) is 9.10 Å². The molecule has 0 aromatic heterocycles. The van der Waals surface area contributed by atoms with Crippen molar-refractivity contribution in [1.82, 2.24) is 4.31 Å². The Labute approximate surface area is 147 Å². The fourth-order valence-electron chi connectivity index (χ4n) is 3.01. The Balaban J connectivity index is 0.000000880. The maximum atomic E-state index is 12.8. The van der Waals surface area contributed by atoms with Gasteiger partial charge in [0.15, 0.2) is 5.78 Å². The Hall–Kier alpha value is -2.86. The number of allylic oxidation sites excluding steroid dienone is 4. The molecule has 0 fully saturated rings. The van der Waals surface area contributed by atoms with Gasteiger partial charge in [-0.1, -0.05) is 18.2 Å². The van der Waals surface area contributed by atoms with Gasteiger partial charge in [0.2, 0.25) is 0 Å². The number of nitrogens with zero attached hydrogens (tertiary/aromatic N) is 1. The lowest BCUT2D eigenvalue weighted by Gasteiger charge is -2.26. The van der Waals surface area contributed by atoms with Crippen molar-refractivity contribution in [1.29, 1.82) is 0 Å². The summed E-state index contributed by atoms with van der Waals surface area (Å²) in [5.74, 6) is -0.0384. The zero-order valence-corrected chi connectivity index (χ0v) is 14.3. The minimum absolute atomic E-state index is 0.0384. The molecule has 0 amide bonds. The number of carbonyl (C=O) groups excluding carboxylic acids is 1. The number of hydrogen-bond donors (Lipinski definition) is 0. The van der Waals surface area contributed by atoms with Crippen LogP contribution in [0.1, 0.15) is 6.42 Å². The van der Waals surface area contributed by atoms with Crippen molar-refractivity contribution < 1.29 is 17.9 Å². The molecule has 0 saturated carbocycles. The molecule has 6 heteroatoms. The molecule has 5 nitrogen and oxygen atoms in total. The lowest BCUT2D eigenvalue weighted by molar-refractivity contribution is -0.114. The van der Waals surface area contributed by atoms with Crippen molar-refractivity contribution in [3.8, 4) is 0 Å². The molecule has 1 aromatic carbocycles. The SMILES string of the molecule is C=C.O=C1CC2=C3C(=CN(S(=O)(=O)c4ccccc4)C2)C=COC=C13. The second-order valence-electron chi connectivity index (χ2n) is 5.50. The standard InChI is InChI=1S/C17H13NO4S.C2H4/c19-16-8-13-10-18(23(20,21)14-4-2-1-3-5-14)9-12-6-7-22-11-15(16)17(12)13;1-2/h1-7,9,11H,8,10H2;1-2H2. The summed E-state index contributed by atoms with van der Waals surface area (Å²) in [4.78, 5) is 12.3. The third-order valence-corrected chi connectivity index (χ3v) is 5.80. The number of ether oxygens (including phenoxy) is 1. The molecule has 2 aliphatic heterocycles.